The van der Waals surface area contributed by atoms with Crippen LogP contribution in [0, 0.1) is 0 Å². The molecular weight excluding hydrogens is 330 g/mol. The van der Waals surface area contributed by atoms with Crippen molar-refractivity contribution in [1.82, 2.24) is 9.96 Å². The van der Waals surface area contributed by atoms with Gasteiger partial charge < -0.3 is 14.8 Å². The van der Waals surface area contributed by atoms with Gasteiger partial charge in [-0.05, 0) is 43.7 Å². The molecule has 2 N–H and O–H groups in total. The van der Waals surface area contributed by atoms with E-state index >= 15 is 0 Å². The lowest BCUT2D eigenvalue weighted by Gasteiger charge is -2.27. The van der Waals surface area contributed by atoms with E-state index < -0.39 is 0 Å². The van der Waals surface area contributed by atoms with Crippen molar-refractivity contribution < 1.29 is 14.7 Å². The fraction of sp³-hybridized carbons (Fsp3) is 0.400. The van der Waals surface area contributed by atoms with Crippen LogP contribution in [-0.2, 0) is 4.74 Å². The molecule has 0 radical (unpaired) electrons. The lowest BCUT2D eigenvalue weighted by molar-refractivity contribution is 0.00859. The van der Waals surface area contributed by atoms with E-state index in [0.29, 0.717) is 0 Å². The number of rotatable bonds is 8. The third-order valence-corrected chi connectivity index (χ3v) is 3.95. The highest BCUT2D eigenvalue weighted by molar-refractivity contribution is 5.50. The van der Waals surface area contributed by atoms with Crippen molar-refractivity contribution in [2.45, 2.75) is 13.8 Å². The first kappa shape index (κ1) is 20.0. The van der Waals surface area contributed by atoms with Crippen LogP contribution in [0.5, 0.6) is 5.75 Å². The van der Waals surface area contributed by atoms with E-state index in [9.17, 15) is 5.21 Å². The highest BCUT2D eigenvalue weighted by atomic mass is 16.5. The largest absolute Gasteiger partial charge is 0.497 e. The second-order valence-corrected chi connectivity index (χ2v) is 6.14. The average molecular weight is 359 g/mol. The van der Waals surface area contributed by atoms with Gasteiger partial charge in [0.2, 0.25) is 0 Å². The first-order valence-corrected chi connectivity index (χ1v) is 8.81. The number of ether oxygens (including phenoxy) is 2. The number of benzene rings is 1. The maximum absolute atomic E-state index is 10.2. The molecule has 1 aliphatic rings. The molecule has 0 aliphatic carbocycles. The van der Waals surface area contributed by atoms with Crippen LogP contribution >= 0.6 is 0 Å². The fourth-order valence-electron chi connectivity index (χ4n) is 2.71. The summed E-state index contributed by atoms with van der Waals surface area (Å²) >= 11 is 0. The van der Waals surface area contributed by atoms with Gasteiger partial charge in [-0.3, -0.25) is 10.1 Å². The second kappa shape index (κ2) is 10.7. The van der Waals surface area contributed by atoms with Gasteiger partial charge in [-0.2, -0.15) is 0 Å². The first-order valence-electron chi connectivity index (χ1n) is 8.81. The summed E-state index contributed by atoms with van der Waals surface area (Å²) in [6.45, 7) is 8.00. The molecule has 0 atom stereocenters. The smallest absolute Gasteiger partial charge is 0.119 e. The van der Waals surface area contributed by atoms with Gasteiger partial charge in [0.05, 0.1) is 26.5 Å². The topological polar surface area (TPSA) is 57.2 Å². The van der Waals surface area contributed by atoms with E-state index in [1.54, 1.807) is 19.5 Å². The van der Waals surface area contributed by atoms with Crippen LogP contribution in [-0.4, -0.2) is 55.1 Å². The molecule has 0 unspecified atom stereocenters. The Labute approximate surface area is 156 Å². The zero-order valence-corrected chi connectivity index (χ0v) is 15.8. The predicted molar refractivity (Wildman–Crippen MR) is 104 cm³/mol. The zero-order valence-electron chi connectivity index (χ0n) is 15.8. The molecule has 0 saturated carbocycles. The Morgan fingerprint density at radius 2 is 1.96 bits per heavy atom. The van der Waals surface area contributed by atoms with Crippen molar-refractivity contribution in [3.05, 3.63) is 60.1 Å². The molecule has 1 fully saturated rings. The number of anilines is 1. The molecule has 1 aromatic carbocycles. The maximum Gasteiger partial charge on any atom is 0.119 e. The van der Waals surface area contributed by atoms with E-state index in [-0.39, 0.29) is 0 Å². The summed E-state index contributed by atoms with van der Waals surface area (Å²) in [6.07, 6.45) is 7.37. The summed E-state index contributed by atoms with van der Waals surface area (Å²) in [7, 11) is 1.64. The Balaban J connectivity index is 1.97. The summed E-state index contributed by atoms with van der Waals surface area (Å²) in [4.78, 5) is 2.31. The van der Waals surface area contributed by atoms with Gasteiger partial charge in [-0.15, -0.1) is 0 Å². The third kappa shape index (κ3) is 6.92. The fourth-order valence-corrected chi connectivity index (χ4v) is 2.71. The average Bonchev–Trinajstić information content (AvgIpc) is 2.63. The van der Waals surface area contributed by atoms with E-state index in [1.165, 1.54) is 0 Å². The SMILES string of the molecule is C/C=C\C(=C/N(O)/C=C(\C)Nc1ccc(OC)cc1)CN1CCOCC1. The Bertz CT molecular complexity index is 632. The molecular formula is C20H29N3O3. The van der Waals surface area contributed by atoms with E-state index in [2.05, 4.69) is 10.2 Å². The van der Waals surface area contributed by atoms with Crippen LogP contribution in [0.3, 0.4) is 0 Å². The summed E-state index contributed by atoms with van der Waals surface area (Å²) in [6, 6.07) is 7.63. The van der Waals surface area contributed by atoms with Crippen molar-refractivity contribution in [3.8, 4) is 5.75 Å². The molecule has 2 rings (SSSR count). The Hall–Kier alpha value is -2.28. The zero-order chi connectivity index (χ0) is 18.8. The molecule has 1 aromatic rings. The van der Waals surface area contributed by atoms with E-state index in [1.807, 2.05) is 50.3 Å². The summed E-state index contributed by atoms with van der Waals surface area (Å²) in [5, 5.41) is 14.6. The van der Waals surface area contributed by atoms with Gasteiger partial charge in [-0.25, -0.2) is 5.06 Å². The van der Waals surface area contributed by atoms with Crippen molar-refractivity contribution in [3.63, 3.8) is 0 Å². The van der Waals surface area contributed by atoms with Crippen molar-refractivity contribution in [2.24, 2.45) is 0 Å². The number of nitrogens with one attached hydrogen (secondary N) is 1. The van der Waals surface area contributed by atoms with Crippen LogP contribution in [0.4, 0.5) is 5.69 Å². The number of hydrogen-bond donors (Lipinski definition) is 2. The van der Waals surface area contributed by atoms with Crippen molar-refractivity contribution >= 4 is 5.69 Å². The first-order chi connectivity index (χ1) is 12.6. The van der Waals surface area contributed by atoms with Crippen LogP contribution in [0.25, 0.3) is 0 Å². The standard InChI is InChI=1S/C20H29N3O3/c1-4-5-18(15-22-10-12-26-13-11-22)16-23(24)14-17(2)21-19-6-8-20(25-3)9-7-19/h4-9,14,16,21,24H,10-13,15H2,1-3H3/b5-4-,17-14+,18-16+. The normalized spacial score (nSPS) is 16.8. The lowest BCUT2D eigenvalue weighted by atomic mass is 10.2. The van der Waals surface area contributed by atoms with E-state index in [0.717, 1.165) is 60.6 Å². The molecule has 1 heterocycles. The second-order valence-electron chi connectivity index (χ2n) is 6.14. The van der Waals surface area contributed by atoms with Crippen LogP contribution < -0.4 is 10.1 Å². The number of allylic oxidation sites excluding steroid dienone is 2. The van der Waals surface area contributed by atoms with Gasteiger partial charge in [0.1, 0.15) is 5.75 Å². The van der Waals surface area contributed by atoms with Gasteiger partial charge in [-0.1, -0.05) is 12.2 Å². The Morgan fingerprint density at radius 3 is 2.58 bits per heavy atom. The number of hydroxylamine groups is 2. The van der Waals surface area contributed by atoms with Crippen LogP contribution in [0.15, 0.2) is 60.1 Å². The van der Waals surface area contributed by atoms with Gasteiger partial charge in [0.25, 0.3) is 0 Å². The number of hydrogen-bond acceptors (Lipinski definition) is 6. The van der Waals surface area contributed by atoms with Gasteiger partial charge >= 0.3 is 0 Å². The molecule has 1 aliphatic heterocycles. The minimum absolute atomic E-state index is 0.761. The van der Waals surface area contributed by atoms with Crippen LogP contribution in [0.1, 0.15) is 13.8 Å². The Morgan fingerprint density at radius 1 is 1.27 bits per heavy atom. The minimum Gasteiger partial charge on any atom is -0.497 e. The van der Waals surface area contributed by atoms with Crippen LogP contribution in [0.2, 0.25) is 0 Å². The third-order valence-electron chi connectivity index (χ3n) is 3.95. The van der Waals surface area contributed by atoms with Gasteiger partial charge in [0.15, 0.2) is 0 Å². The quantitative estimate of drug-likeness (QED) is 0.548. The minimum atomic E-state index is 0.761. The molecule has 0 amide bonds. The molecule has 6 heteroatoms. The monoisotopic (exact) mass is 359 g/mol. The maximum atomic E-state index is 10.2. The van der Waals surface area contributed by atoms with Gasteiger partial charge in [0, 0.05) is 37.2 Å². The van der Waals surface area contributed by atoms with E-state index in [4.69, 9.17) is 9.47 Å². The molecule has 0 bridgehead atoms. The number of nitrogens with zero attached hydrogens (tertiary/aromatic N) is 2. The molecule has 0 aromatic heterocycles. The summed E-state index contributed by atoms with van der Waals surface area (Å²) in [5.74, 6) is 0.808. The molecule has 6 nitrogen and oxygen atoms in total. The van der Waals surface area contributed by atoms with Crippen molar-refractivity contribution in [2.75, 3.05) is 45.3 Å². The van der Waals surface area contributed by atoms with Crippen molar-refractivity contribution in [1.29, 1.82) is 0 Å². The Kier molecular flexibility index (Phi) is 8.21. The lowest BCUT2D eigenvalue weighted by Crippen LogP contribution is -2.37. The summed E-state index contributed by atoms with van der Waals surface area (Å²) < 4.78 is 10.5. The summed E-state index contributed by atoms with van der Waals surface area (Å²) in [5.41, 5.74) is 2.78. The molecule has 0 spiro atoms. The number of morpholine rings is 1. The molecule has 142 valence electrons. The number of methoxy groups -OCH3 is 1. The molecule has 26 heavy (non-hydrogen) atoms. The highest BCUT2D eigenvalue weighted by Gasteiger charge is 2.11. The highest BCUT2D eigenvalue weighted by Crippen LogP contribution is 2.16. The molecule has 1 saturated heterocycles. The predicted octanol–water partition coefficient (Wildman–Crippen LogP) is 3.45.